The molecule has 0 aliphatic rings. The molecule has 3 rings (SSSR count). The Kier molecular flexibility index (Phi) is 3.97. The first kappa shape index (κ1) is 15.0. The summed E-state index contributed by atoms with van der Waals surface area (Å²) in [7, 11) is 1.62. The van der Waals surface area contributed by atoms with E-state index in [1.807, 2.05) is 50.4 Å². The highest BCUT2D eigenvalue weighted by Crippen LogP contribution is 2.14. The normalized spacial score (nSPS) is 10.7. The number of methoxy groups -OCH3 is 1. The van der Waals surface area contributed by atoms with Gasteiger partial charge in [-0.3, -0.25) is 9.20 Å². The lowest BCUT2D eigenvalue weighted by Gasteiger charge is -2.07. The van der Waals surface area contributed by atoms with Crippen LogP contribution in [-0.2, 0) is 6.54 Å². The molecule has 0 unspecified atom stereocenters. The van der Waals surface area contributed by atoms with Crippen LogP contribution in [0.1, 0.15) is 27.4 Å². The predicted molar refractivity (Wildman–Crippen MR) is 86.6 cm³/mol. The summed E-state index contributed by atoms with van der Waals surface area (Å²) in [6.45, 7) is 4.12. The summed E-state index contributed by atoms with van der Waals surface area (Å²) in [5, 5.41) is 2.92. The minimum absolute atomic E-state index is 0.177. The van der Waals surface area contributed by atoms with Gasteiger partial charge in [0, 0.05) is 18.4 Å². The lowest BCUT2D eigenvalue weighted by molar-refractivity contribution is 0.0944. The average molecular weight is 310 g/mol. The molecule has 6 nitrogen and oxygen atoms in total. The van der Waals surface area contributed by atoms with Gasteiger partial charge in [0.15, 0.2) is 0 Å². The smallest absolute Gasteiger partial charge is 0.270 e. The van der Waals surface area contributed by atoms with Crippen molar-refractivity contribution in [2.24, 2.45) is 0 Å². The van der Waals surface area contributed by atoms with E-state index in [0.29, 0.717) is 23.7 Å². The molecule has 2 aromatic heterocycles. The molecule has 0 saturated carbocycles. The van der Waals surface area contributed by atoms with Crippen molar-refractivity contribution in [3.05, 3.63) is 59.2 Å². The van der Waals surface area contributed by atoms with E-state index in [2.05, 4.69) is 15.3 Å². The highest BCUT2D eigenvalue weighted by molar-refractivity contribution is 5.94. The number of carbonyl (C=O) groups is 1. The zero-order valence-electron chi connectivity index (χ0n) is 13.3. The molecule has 2 heterocycles. The third-order valence-electron chi connectivity index (χ3n) is 3.61. The van der Waals surface area contributed by atoms with Gasteiger partial charge in [-0.15, -0.1) is 0 Å². The Hall–Kier alpha value is -2.89. The minimum Gasteiger partial charge on any atom is -0.497 e. The Morgan fingerprint density at radius 2 is 2.09 bits per heavy atom. The molecule has 118 valence electrons. The number of ether oxygens (including phenoxy) is 1. The zero-order chi connectivity index (χ0) is 16.4. The molecule has 6 heteroatoms. The fraction of sp³-hybridized carbons (Fsp3) is 0.235. The van der Waals surface area contributed by atoms with E-state index >= 15 is 0 Å². The van der Waals surface area contributed by atoms with Gasteiger partial charge in [-0.25, -0.2) is 9.97 Å². The van der Waals surface area contributed by atoms with Gasteiger partial charge in [0.1, 0.15) is 11.4 Å². The van der Waals surface area contributed by atoms with Crippen LogP contribution < -0.4 is 10.1 Å². The summed E-state index contributed by atoms with van der Waals surface area (Å²) in [4.78, 5) is 21.2. The Labute approximate surface area is 134 Å². The van der Waals surface area contributed by atoms with Crippen LogP contribution in [0.5, 0.6) is 5.75 Å². The van der Waals surface area contributed by atoms with Gasteiger partial charge in [-0.1, -0.05) is 12.1 Å². The predicted octanol–water partition coefficient (Wildman–Crippen LogP) is 2.28. The molecule has 1 aromatic carbocycles. The van der Waals surface area contributed by atoms with Crippen LogP contribution in [0.25, 0.3) is 5.78 Å². The first-order valence-electron chi connectivity index (χ1n) is 7.32. The van der Waals surface area contributed by atoms with Gasteiger partial charge in [-0.2, -0.15) is 0 Å². The number of rotatable bonds is 4. The molecule has 0 aliphatic heterocycles. The largest absolute Gasteiger partial charge is 0.497 e. The first-order valence-corrected chi connectivity index (χ1v) is 7.32. The number of fused-ring (bicyclic) bond motifs is 1. The Bertz CT molecular complexity index is 870. The van der Waals surface area contributed by atoms with E-state index in [-0.39, 0.29) is 5.91 Å². The molecular formula is C17H18N4O2. The third kappa shape index (κ3) is 3.01. The second kappa shape index (κ2) is 6.08. The molecule has 0 aliphatic carbocycles. The first-order chi connectivity index (χ1) is 11.1. The molecule has 0 saturated heterocycles. The van der Waals surface area contributed by atoms with Crippen molar-refractivity contribution in [1.82, 2.24) is 19.7 Å². The number of nitrogens with zero attached hydrogens (tertiary/aromatic N) is 3. The van der Waals surface area contributed by atoms with E-state index in [9.17, 15) is 4.79 Å². The lowest BCUT2D eigenvalue weighted by Crippen LogP contribution is -2.25. The Morgan fingerprint density at radius 1 is 1.26 bits per heavy atom. The second-order valence-corrected chi connectivity index (χ2v) is 5.32. The quantitative estimate of drug-likeness (QED) is 0.803. The van der Waals surface area contributed by atoms with Crippen LogP contribution in [-0.4, -0.2) is 27.4 Å². The number of hydrogen-bond donors (Lipinski definition) is 1. The summed E-state index contributed by atoms with van der Waals surface area (Å²) in [5.74, 6) is 1.12. The average Bonchev–Trinajstić information content (AvgIpc) is 2.87. The summed E-state index contributed by atoms with van der Waals surface area (Å²) >= 11 is 0. The van der Waals surface area contributed by atoms with Crippen molar-refractivity contribution >= 4 is 11.7 Å². The van der Waals surface area contributed by atoms with Gasteiger partial charge >= 0.3 is 0 Å². The summed E-state index contributed by atoms with van der Waals surface area (Å²) < 4.78 is 6.90. The molecule has 0 bridgehead atoms. The fourth-order valence-corrected chi connectivity index (χ4v) is 2.45. The van der Waals surface area contributed by atoms with Gasteiger partial charge in [-0.05, 0) is 37.6 Å². The molecule has 0 fully saturated rings. The van der Waals surface area contributed by atoms with Crippen molar-refractivity contribution in [1.29, 1.82) is 0 Å². The van der Waals surface area contributed by atoms with Crippen LogP contribution in [0.15, 0.2) is 36.5 Å². The number of carbonyl (C=O) groups excluding carboxylic acids is 1. The Morgan fingerprint density at radius 3 is 2.87 bits per heavy atom. The third-order valence-corrected chi connectivity index (χ3v) is 3.61. The highest BCUT2D eigenvalue weighted by Gasteiger charge is 2.17. The number of amides is 1. The maximum absolute atomic E-state index is 12.5. The van der Waals surface area contributed by atoms with Crippen molar-refractivity contribution < 1.29 is 9.53 Å². The van der Waals surface area contributed by atoms with Gasteiger partial charge in [0.2, 0.25) is 5.78 Å². The minimum atomic E-state index is -0.177. The monoisotopic (exact) mass is 310 g/mol. The lowest BCUT2D eigenvalue weighted by atomic mass is 10.2. The number of aromatic nitrogens is 3. The SMILES string of the molecule is COc1cccc(CNC(=O)c2c(C)nc3nc(C)ccn23)c1. The van der Waals surface area contributed by atoms with E-state index in [4.69, 9.17) is 4.74 Å². The number of aryl methyl sites for hydroxylation is 2. The summed E-state index contributed by atoms with van der Waals surface area (Å²) in [5.41, 5.74) is 3.01. The fourth-order valence-electron chi connectivity index (χ4n) is 2.45. The van der Waals surface area contributed by atoms with Crippen LogP contribution in [0.4, 0.5) is 0 Å². The molecular weight excluding hydrogens is 292 g/mol. The topological polar surface area (TPSA) is 68.5 Å². The molecule has 1 amide bonds. The van der Waals surface area contributed by atoms with Gasteiger partial charge in [0.25, 0.3) is 5.91 Å². The van der Waals surface area contributed by atoms with Crippen LogP contribution in [0.2, 0.25) is 0 Å². The van der Waals surface area contributed by atoms with Crippen LogP contribution in [0.3, 0.4) is 0 Å². The molecule has 1 N–H and O–H groups in total. The molecule has 0 radical (unpaired) electrons. The van der Waals surface area contributed by atoms with Crippen LogP contribution in [0, 0.1) is 13.8 Å². The second-order valence-electron chi connectivity index (χ2n) is 5.32. The number of imidazole rings is 1. The molecule has 0 atom stereocenters. The van der Waals surface area contributed by atoms with Crippen molar-refractivity contribution in [3.8, 4) is 5.75 Å². The summed E-state index contributed by atoms with van der Waals surface area (Å²) in [6.07, 6.45) is 1.82. The number of benzene rings is 1. The van der Waals surface area contributed by atoms with Gasteiger partial charge in [0.05, 0.1) is 12.8 Å². The maximum atomic E-state index is 12.5. The highest BCUT2D eigenvalue weighted by atomic mass is 16.5. The summed E-state index contributed by atoms with van der Waals surface area (Å²) in [6, 6.07) is 9.45. The zero-order valence-corrected chi connectivity index (χ0v) is 13.3. The van der Waals surface area contributed by atoms with Crippen molar-refractivity contribution in [2.75, 3.05) is 7.11 Å². The molecule has 0 spiro atoms. The number of nitrogens with one attached hydrogen (secondary N) is 1. The van der Waals surface area contributed by atoms with E-state index in [1.165, 1.54) is 0 Å². The molecule has 3 aromatic rings. The Balaban J connectivity index is 1.82. The molecule has 23 heavy (non-hydrogen) atoms. The standard InChI is InChI=1S/C17H18N4O2/c1-11-7-8-21-15(12(2)20-17(21)19-11)16(22)18-10-13-5-4-6-14(9-13)23-3/h4-9H,10H2,1-3H3,(H,18,22). The van der Waals surface area contributed by atoms with E-state index in [1.54, 1.807) is 11.5 Å². The maximum Gasteiger partial charge on any atom is 0.270 e. The van der Waals surface area contributed by atoms with Gasteiger partial charge < -0.3 is 10.1 Å². The van der Waals surface area contributed by atoms with E-state index < -0.39 is 0 Å². The van der Waals surface area contributed by atoms with Crippen molar-refractivity contribution in [2.45, 2.75) is 20.4 Å². The van der Waals surface area contributed by atoms with Crippen molar-refractivity contribution in [3.63, 3.8) is 0 Å². The van der Waals surface area contributed by atoms with E-state index in [0.717, 1.165) is 17.0 Å². The van der Waals surface area contributed by atoms with Crippen LogP contribution >= 0.6 is 0 Å². The number of hydrogen-bond acceptors (Lipinski definition) is 4.